The van der Waals surface area contributed by atoms with Gasteiger partial charge in [0.05, 0.1) is 35.2 Å². The number of hydrogen-bond donors (Lipinski definition) is 1. The Kier molecular flexibility index (Phi) is 6.58. The smallest absolute Gasteiger partial charge is 0.178 e. The van der Waals surface area contributed by atoms with Crippen LogP contribution in [0.1, 0.15) is 59.3 Å². The van der Waals surface area contributed by atoms with E-state index >= 15 is 0 Å². The maximum atomic E-state index is 14.5. The molecule has 5 aliphatic rings. The van der Waals surface area contributed by atoms with Crippen molar-refractivity contribution in [1.29, 1.82) is 0 Å². The van der Waals surface area contributed by atoms with E-state index in [2.05, 4.69) is 25.8 Å². The number of para-hydroxylation sites is 2. The number of fused-ring (bicyclic) bond motifs is 8. The molecule has 1 aliphatic heterocycles. The third-order valence-electron chi connectivity index (χ3n) is 11.0. The van der Waals surface area contributed by atoms with Gasteiger partial charge in [0, 0.05) is 16.7 Å². The largest absolute Gasteiger partial charge is 0.393 e. The lowest BCUT2D eigenvalue weighted by Crippen LogP contribution is -2.63. The molecule has 1 N–H and O–H groups in total. The highest BCUT2D eigenvalue weighted by Gasteiger charge is 2.75. The van der Waals surface area contributed by atoms with E-state index in [4.69, 9.17) is 14.5 Å². The number of aliphatic hydroxyl groups is 1. The van der Waals surface area contributed by atoms with Crippen molar-refractivity contribution in [2.75, 3.05) is 5.75 Å². The van der Waals surface area contributed by atoms with Crippen molar-refractivity contribution < 1.29 is 24.2 Å². The number of carbonyl (C=O) groups excluding carboxylic acids is 2. The predicted octanol–water partition coefficient (Wildman–Crippen LogP) is 5.46. The van der Waals surface area contributed by atoms with Gasteiger partial charge in [0.1, 0.15) is 5.03 Å². The molecule has 1 aromatic heterocycles. The minimum Gasteiger partial charge on any atom is -0.393 e. The summed E-state index contributed by atoms with van der Waals surface area (Å²) in [6.45, 7) is 6.44. The van der Waals surface area contributed by atoms with E-state index in [1.54, 1.807) is 18.3 Å². The molecule has 4 aliphatic carbocycles. The van der Waals surface area contributed by atoms with Crippen molar-refractivity contribution in [3.05, 3.63) is 54.3 Å². The standard InChI is InChI=1S/C33H38N2O5S/c1-4-7-29-39-27-15-22-21-11-10-19-14-20(36)12-13-31(19,2)30(21)25(37)16-32(22,3)33(27,40-29)26(38)18-41-28-17-34-23-8-5-6-9-24(23)35-28/h5-6,8-9,12-14,17,21-22,25,27,29-30,37H,4,7,10-11,15-16,18H2,1-3H3/t21?,22?,25-,27-,29-,30?,31?,32?,33+/m0/s1. The summed E-state index contributed by atoms with van der Waals surface area (Å²) in [5.74, 6) is 0.612. The Labute approximate surface area is 245 Å². The number of hydrogen-bond acceptors (Lipinski definition) is 8. The quantitative estimate of drug-likeness (QED) is 0.454. The van der Waals surface area contributed by atoms with Crippen molar-refractivity contribution in [2.24, 2.45) is 28.6 Å². The second kappa shape index (κ2) is 9.83. The summed E-state index contributed by atoms with van der Waals surface area (Å²) in [5.41, 5.74) is 0.710. The highest BCUT2D eigenvalue weighted by molar-refractivity contribution is 7.99. The van der Waals surface area contributed by atoms with E-state index in [1.165, 1.54) is 11.8 Å². The fourth-order valence-corrected chi connectivity index (χ4v) is 10.0. The third-order valence-corrected chi connectivity index (χ3v) is 11.9. The topological polar surface area (TPSA) is 98.6 Å². The summed E-state index contributed by atoms with van der Waals surface area (Å²) in [7, 11) is 0. The summed E-state index contributed by atoms with van der Waals surface area (Å²) in [6.07, 6.45) is 10.4. The maximum Gasteiger partial charge on any atom is 0.178 e. The van der Waals surface area contributed by atoms with Gasteiger partial charge in [-0.3, -0.25) is 14.6 Å². The van der Waals surface area contributed by atoms with Crippen LogP contribution < -0.4 is 0 Å². The van der Waals surface area contributed by atoms with Crippen molar-refractivity contribution in [2.45, 2.75) is 88.4 Å². The zero-order valence-electron chi connectivity index (χ0n) is 23.9. The van der Waals surface area contributed by atoms with Gasteiger partial charge in [-0.2, -0.15) is 0 Å². The first-order chi connectivity index (χ1) is 19.7. The van der Waals surface area contributed by atoms with E-state index < -0.39 is 23.4 Å². The summed E-state index contributed by atoms with van der Waals surface area (Å²) < 4.78 is 13.3. The molecular formula is C33H38N2O5S. The van der Waals surface area contributed by atoms with Crippen LogP contribution in [-0.4, -0.2) is 56.5 Å². The van der Waals surface area contributed by atoms with E-state index in [9.17, 15) is 14.7 Å². The van der Waals surface area contributed by atoms with Gasteiger partial charge >= 0.3 is 0 Å². The lowest BCUT2D eigenvalue weighted by molar-refractivity contribution is -0.197. The first-order valence-corrected chi connectivity index (χ1v) is 16.0. The van der Waals surface area contributed by atoms with Crippen LogP contribution in [0, 0.1) is 28.6 Å². The number of thioether (sulfide) groups is 1. The number of aliphatic hydroxyl groups excluding tert-OH is 1. The molecule has 4 fully saturated rings. The first kappa shape index (κ1) is 27.4. The summed E-state index contributed by atoms with van der Waals surface area (Å²) >= 11 is 1.39. The molecule has 8 heteroatoms. The van der Waals surface area contributed by atoms with Crippen molar-refractivity contribution in [3.8, 4) is 0 Å². The average molecular weight is 575 g/mol. The van der Waals surface area contributed by atoms with Gasteiger partial charge in [0.2, 0.25) is 0 Å². The second-order valence-electron chi connectivity index (χ2n) is 13.1. The van der Waals surface area contributed by atoms with Crippen molar-refractivity contribution in [3.63, 3.8) is 0 Å². The Bertz CT molecular complexity index is 1470. The fraction of sp³-hybridized carbons (Fsp3) is 0.576. The van der Waals surface area contributed by atoms with Crippen molar-refractivity contribution in [1.82, 2.24) is 9.97 Å². The molecule has 0 radical (unpaired) electrons. The van der Waals surface area contributed by atoms with Crippen LogP contribution in [0.15, 0.2) is 59.3 Å². The first-order valence-electron chi connectivity index (χ1n) is 15.0. The molecule has 5 unspecified atom stereocenters. The average Bonchev–Trinajstić information content (AvgIpc) is 3.44. The molecule has 9 atom stereocenters. The van der Waals surface area contributed by atoms with Crippen LogP contribution >= 0.6 is 11.8 Å². The normalized spacial score (nSPS) is 41.0. The highest BCUT2D eigenvalue weighted by atomic mass is 32.2. The lowest BCUT2D eigenvalue weighted by atomic mass is 9.46. The molecule has 2 aromatic rings. The molecule has 41 heavy (non-hydrogen) atoms. The fourth-order valence-electron chi connectivity index (χ4n) is 9.26. The molecule has 7 nitrogen and oxygen atoms in total. The van der Waals surface area contributed by atoms with Gasteiger partial charge in [-0.15, -0.1) is 0 Å². The summed E-state index contributed by atoms with van der Waals surface area (Å²) in [6, 6.07) is 7.72. The Morgan fingerprint density at radius 3 is 2.83 bits per heavy atom. The van der Waals surface area contributed by atoms with Crippen LogP contribution in [0.4, 0.5) is 0 Å². The van der Waals surface area contributed by atoms with Crippen LogP contribution in [0.25, 0.3) is 11.0 Å². The van der Waals surface area contributed by atoms with Crippen LogP contribution in [0.2, 0.25) is 0 Å². The summed E-state index contributed by atoms with van der Waals surface area (Å²) in [4.78, 5) is 35.9. The Balaban J connectivity index is 1.21. The molecule has 0 amide bonds. The predicted molar refractivity (Wildman–Crippen MR) is 156 cm³/mol. The third kappa shape index (κ3) is 3.97. The minimum absolute atomic E-state index is 0.00964. The summed E-state index contributed by atoms with van der Waals surface area (Å²) in [5, 5.41) is 12.6. The van der Waals surface area contributed by atoms with E-state index in [0.717, 1.165) is 48.7 Å². The molecule has 0 bridgehead atoms. The Morgan fingerprint density at radius 1 is 1.22 bits per heavy atom. The van der Waals surface area contributed by atoms with E-state index in [0.29, 0.717) is 11.4 Å². The van der Waals surface area contributed by atoms with Crippen LogP contribution in [0.3, 0.4) is 0 Å². The molecule has 0 spiro atoms. The van der Waals surface area contributed by atoms with Crippen molar-refractivity contribution >= 4 is 34.4 Å². The molecule has 3 saturated carbocycles. The second-order valence-corrected chi connectivity index (χ2v) is 14.0. The lowest BCUT2D eigenvalue weighted by Gasteiger charge is -2.59. The van der Waals surface area contributed by atoms with Crippen LogP contribution in [0.5, 0.6) is 0 Å². The monoisotopic (exact) mass is 574 g/mol. The number of carbonyl (C=O) groups is 2. The van der Waals surface area contributed by atoms with E-state index in [-0.39, 0.29) is 46.6 Å². The van der Waals surface area contributed by atoms with Gasteiger partial charge in [0.15, 0.2) is 23.5 Å². The van der Waals surface area contributed by atoms with Crippen LogP contribution in [-0.2, 0) is 19.1 Å². The SMILES string of the molecule is CCC[C@H]1O[C@H]2CC3C4CCC5=CC(=O)C=CC5(C)C4[C@@H](O)CC3(C)[C@]2(C(=O)CSc2cnc3ccccc3n2)O1. The Morgan fingerprint density at radius 2 is 2.02 bits per heavy atom. The molecule has 1 aromatic carbocycles. The molecular weight excluding hydrogens is 536 g/mol. The number of benzene rings is 1. The van der Waals surface area contributed by atoms with Gasteiger partial charge < -0.3 is 14.6 Å². The molecule has 1 saturated heterocycles. The zero-order chi connectivity index (χ0) is 28.6. The molecule has 216 valence electrons. The number of allylic oxidation sites excluding steroid dienone is 4. The maximum absolute atomic E-state index is 14.5. The minimum atomic E-state index is -1.11. The number of nitrogens with zero attached hydrogens (tertiary/aromatic N) is 2. The van der Waals surface area contributed by atoms with Gasteiger partial charge in [-0.05, 0) is 68.2 Å². The zero-order valence-corrected chi connectivity index (χ0v) is 24.7. The van der Waals surface area contributed by atoms with Gasteiger partial charge in [-0.1, -0.05) is 62.7 Å². The number of ether oxygens (including phenoxy) is 2. The van der Waals surface area contributed by atoms with E-state index in [1.807, 2.05) is 30.3 Å². The Hall–Kier alpha value is -2.39. The number of ketones is 2. The molecule has 2 heterocycles. The number of rotatable bonds is 6. The van der Waals surface area contributed by atoms with Gasteiger partial charge in [0.25, 0.3) is 0 Å². The van der Waals surface area contributed by atoms with Gasteiger partial charge in [-0.25, -0.2) is 4.98 Å². The molecule has 7 rings (SSSR count). The number of Topliss-reactive ketones (excluding diaryl/α,β-unsaturated/α-hetero) is 1. The number of aromatic nitrogens is 2. The highest BCUT2D eigenvalue weighted by Crippen LogP contribution is 2.69.